The molecule has 0 amide bonds. The molecule has 0 spiro atoms. The summed E-state index contributed by atoms with van der Waals surface area (Å²) < 4.78 is 5.56. The number of piperazine rings is 6. The molecule has 0 aromatic rings. The minimum Gasteiger partial charge on any atom is -0.310 e. The summed E-state index contributed by atoms with van der Waals surface area (Å²) >= 11 is 0. The van der Waals surface area contributed by atoms with Crippen LogP contribution in [0.4, 0.5) is 0 Å². The van der Waals surface area contributed by atoms with Gasteiger partial charge >= 0.3 is 0 Å². The minimum absolute atomic E-state index is 1.14. The van der Waals surface area contributed by atoms with Crippen molar-refractivity contribution in [1.82, 2.24) is 0 Å². The molecular formula is C28H52N4+4. The third-order valence-corrected chi connectivity index (χ3v) is 10.8. The van der Waals surface area contributed by atoms with Gasteiger partial charge in [-0.05, 0) is 37.5 Å². The molecule has 11 aliphatic rings. The predicted octanol–water partition coefficient (Wildman–Crippen LogP) is 3.23. The third kappa shape index (κ3) is 5.22. The largest absolute Gasteiger partial charge is 0.310 e. The molecule has 0 aromatic heterocycles. The summed E-state index contributed by atoms with van der Waals surface area (Å²) in [4.78, 5) is 0. The molecule has 180 valence electrons. The lowest BCUT2D eigenvalue weighted by Crippen LogP contribution is -2.75. The van der Waals surface area contributed by atoms with Gasteiger partial charge in [0.1, 0.15) is 91.6 Å². The zero-order chi connectivity index (χ0) is 21.8. The van der Waals surface area contributed by atoms with Crippen molar-refractivity contribution < 1.29 is 17.9 Å². The van der Waals surface area contributed by atoms with Crippen molar-refractivity contribution in [2.75, 3.05) is 105 Å². The second kappa shape index (κ2) is 9.95. The van der Waals surface area contributed by atoms with Crippen LogP contribution in [0.3, 0.4) is 0 Å². The lowest BCUT2D eigenvalue weighted by Gasteiger charge is -2.55. The van der Waals surface area contributed by atoms with E-state index in [0.29, 0.717) is 0 Å². The average Bonchev–Trinajstić information content (AvgIpc) is 2.85. The van der Waals surface area contributed by atoms with Crippen LogP contribution in [0.25, 0.3) is 0 Å². The minimum atomic E-state index is 1.14. The quantitative estimate of drug-likeness (QED) is 0.398. The highest BCUT2D eigenvalue weighted by molar-refractivity contribution is 5.00. The zero-order valence-electron chi connectivity index (χ0n) is 21.2. The molecule has 0 N–H and O–H groups in total. The van der Waals surface area contributed by atoms with E-state index in [1.54, 1.807) is 0 Å². The Hall–Kier alpha value is -0.600. The monoisotopic (exact) mass is 444 g/mol. The van der Waals surface area contributed by atoms with E-state index in [1.807, 2.05) is 0 Å². The normalized spacial score (nSPS) is 44.0. The summed E-state index contributed by atoms with van der Waals surface area (Å²) in [5.74, 6) is 7.45. The fourth-order valence-corrected chi connectivity index (χ4v) is 7.79. The highest BCUT2D eigenvalue weighted by Crippen LogP contribution is 2.29. The van der Waals surface area contributed by atoms with Crippen LogP contribution in [0.15, 0.2) is 0 Å². The molecule has 6 saturated heterocycles. The second-order valence-electron chi connectivity index (χ2n) is 12.7. The summed E-state index contributed by atoms with van der Waals surface area (Å²) in [6.45, 7) is 22.2. The Morgan fingerprint density at radius 3 is 0.812 bits per heavy atom. The van der Waals surface area contributed by atoms with Crippen molar-refractivity contribution in [2.45, 2.75) is 64.2 Å². The van der Waals surface area contributed by atoms with Crippen LogP contribution in [0.2, 0.25) is 0 Å². The Kier molecular flexibility index (Phi) is 7.20. The van der Waals surface area contributed by atoms with Gasteiger partial charge in [-0.3, -0.25) is 8.97 Å². The van der Waals surface area contributed by atoms with E-state index in [2.05, 4.69) is 11.8 Å². The van der Waals surface area contributed by atoms with Crippen molar-refractivity contribution in [3.8, 4) is 11.8 Å². The van der Waals surface area contributed by atoms with E-state index in [0.717, 1.165) is 13.1 Å². The van der Waals surface area contributed by atoms with Crippen molar-refractivity contribution in [2.24, 2.45) is 0 Å². The first-order valence-electron chi connectivity index (χ1n) is 14.5. The molecular weight excluding hydrogens is 392 g/mol. The van der Waals surface area contributed by atoms with Crippen LogP contribution in [-0.2, 0) is 0 Å². The average molecular weight is 445 g/mol. The van der Waals surface area contributed by atoms with Crippen molar-refractivity contribution in [3.63, 3.8) is 0 Å². The first-order chi connectivity index (χ1) is 15.7. The lowest BCUT2D eigenvalue weighted by atomic mass is 10.0. The summed E-state index contributed by atoms with van der Waals surface area (Å²) in [5, 5.41) is 0. The molecule has 6 fully saturated rings. The molecule has 4 bridgehead atoms. The first kappa shape index (κ1) is 23.2. The Morgan fingerprint density at radius 1 is 0.250 bits per heavy atom. The van der Waals surface area contributed by atoms with E-state index in [4.69, 9.17) is 0 Å². The molecule has 0 aromatic carbocycles. The van der Waals surface area contributed by atoms with Crippen LogP contribution in [0.1, 0.15) is 64.2 Å². The molecule has 0 atom stereocenters. The lowest BCUT2D eigenvalue weighted by molar-refractivity contribution is -1.08. The molecule has 32 heavy (non-hydrogen) atoms. The maximum absolute atomic E-state index is 3.73. The molecule has 0 aliphatic carbocycles. The number of hydrogen-bond donors (Lipinski definition) is 0. The summed E-state index contributed by atoms with van der Waals surface area (Å²) in [5.41, 5.74) is 0. The van der Waals surface area contributed by atoms with Crippen LogP contribution in [-0.4, -0.2) is 123 Å². The number of hydrogen-bond acceptors (Lipinski definition) is 0. The SMILES string of the molecule is C1#CC[N+]23CC[N+](CCCCCCCCCCCC[N+]45CC[N+](C1)(CC4)CC5)(CC2)CC3. The van der Waals surface area contributed by atoms with Gasteiger partial charge in [0.05, 0.1) is 13.1 Å². The smallest absolute Gasteiger partial charge is 0.141 e. The van der Waals surface area contributed by atoms with Gasteiger partial charge in [-0.15, -0.1) is 0 Å². The Labute approximate surface area is 198 Å². The fraction of sp³-hybridized carbons (Fsp3) is 0.929. The maximum atomic E-state index is 3.73. The second-order valence-corrected chi connectivity index (χ2v) is 12.7. The number of quaternary nitrogens is 4. The van der Waals surface area contributed by atoms with Gasteiger partial charge in [0.25, 0.3) is 0 Å². The van der Waals surface area contributed by atoms with E-state index in [9.17, 15) is 0 Å². The number of nitrogens with zero attached hydrogens (tertiary/aromatic N) is 4. The highest BCUT2D eigenvalue weighted by atomic mass is 15.5. The molecule has 0 unspecified atom stereocenters. The molecule has 11 aliphatic heterocycles. The van der Waals surface area contributed by atoms with Gasteiger partial charge in [-0.25, -0.2) is 0 Å². The van der Waals surface area contributed by atoms with Gasteiger partial charge in [0, 0.05) is 0 Å². The van der Waals surface area contributed by atoms with Crippen molar-refractivity contribution >= 4 is 0 Å². The van der Waals surface area contributed by atoms with Crippen LogP contribution in [0, 0.1) is 11.8 Å². The van der Waals surface area contributed by atoms with Gasteiger partial charge in [-0.1, -0.05) is 38.5 Å². The molecule has 4 nitrogen and oxygen atoms in total. The van der Waals surface area contributed by atoms with E-state index in [-0.39, 0.29) is 0 Å². The Bertz CT molecular complexity index is 584. The van der Waals surface area contributed by atoms with E-state index >= 15 is 0 Å². The summed E-state index contributed by atoms with van der Waals surface area (Å²) in [6, 6.07) is 0. The summed E-state index contributed by atoms with van der Waals surface area (Å²) in [7, 11) is 0. The molecule has 11 heterocycles. The first-order valence-corrected chi connectivity index (χ1v) is 14.5. The van der Waals surface area contributed by atoms with Crippen LogP contribution in [0.5, 0.6) is 0 Å². The Balaban J connectivity index is 1.18. The van der Waals surface area contributed by atoms with Crippen molar-refractivity contribution in [1.29, 1.82) is 0 Å². The topological polar surface area (TPSA) is 0 Å². The summed E-state index contributed by atoms with van der Waals surface area (Å²) in [6.07, 6.45) is 14.8. The van der Waals surface area contributed by atoms with E-state index < -0.39 is 0 Å². The molecule has 0 saturated carbocycles. The standard InChI is InChI=1S/C28H52N4/c1-2-4-6-8-10-14-30-20-26-32(27-21-30,28-22-30)16-12-11-15-31-23-17-29(18-24-31,19-25-31)13-9-7-5-3-1/h1-10,13-28H2/q+4. The predicted molar refractivity (Wildman–Crippen MR) is 133 cm³/mol. The number of rotatable bonds is 0. The van der Waals surface area contributed by atoms with Gasteiger partial charge in [0.2, 0.25) is 0 Å². The highest BCUT2D eigenvalue weighted by Gasteiger charge is 2.49. The van der Waals surface area contributed by atoms with Gasteiger partial charge in [-0.2, -0.15) is 0 Å². The fourth-order valence-electron chi connectivity index (χ4n) is 7.79. The van der Waals surface area contributed by atoms with Gasteiger partial charge < -0.3 is 8.97 Å². The zero-order valence-corrected chi connectivity index (χ0v) is 21.2. The van der Waals surface area contributed by atoms with Crippen LogP contribution < -0.4 is 0 Å². The molecule has 4 heteroatoms. The maximum Gasteiger partial charge on any atom is 0.141 e. The van der Waals surface area contributed by atoms with Crippen LogP contribution >= 0.6 is 0 Å². The van der Waals surface area contributed by atoms with Gasteiger partial charge in [0.15, 0.2) is 0 Å². The van der Waals surface area contributed by atoms with E-state index in [1.165, 1.54) is 174 Å². The molecule has 11 rings (SSSR count). The Morgan fingerprint density at radius 2 is 0.500 bits per heavy atom. The van der Waals surface area contributed by atoms with Crippen molar-refractivity contribution in [3.05, 3.63) is 0 Å². The molecule has 0 radical (unpaired) electrons. The third-order valence-electron chi connectivity index (χ3n) is 10.8.